The van der Waals surface area contributed by atoms with Gasteiger partial charge in [-0.1, -0.05) is 0 Å². The van der Waals surface area contributed by atoms with Crippen molar-refractivity contribution in [1.82, 2.24) is 14.1 Å². The molecule has 6 nitrogen and oxygen atoms in total. The van der Waals surface area contributed by atoms with Crippen molar-refractivity contribution in [1.29, 1.82) is 0 Å². The van der Waals surface area contributed by atoms with Crippen molar-refractivity contribution in [2.45, 2.75) is 6.92 Å². The first-order chi connectivity index (χ1) is 9.12. The molecular formula is C12H25N3O3S. The predicted octanol–water partition coefficient (Wildman–Crippen LogP) is -0.714. The normalized spacial score (nSPS) is 24.7. The SMILES string of the molecule is CCS(=O)(=O)N1CCN(CCN2CCOCC2)CC1. The maximum atomic E-state index is 11.8. The predicted molar refractivity (Wildman–Crippen MR) is 74.7 cm³/mol. The lowest BCUT2D eigenvalue weighted by atomic mass is 10.3. The standard InChI is InChI=1S/C12H25N3O3S/c1-2-19(16,17)15-7-5-13(6-8-15)3-4-14-9-11-18-12-10-14/h2-12H2,1H3. The number of nitrogens with zero attached hydrogens (tertiary/aromatic N) is 3. The molecule has 0 N–H and O–H groups in total. The first kappa shape index (κ1) is 15.2. The highest BCUT2D eigenvalue weighted by Crippen LogP contribution is 2.08. The van der Waals surface area contributed by atoms with Crippen molar-refractivity contribution in [3.63, 3.8) is 0 Å². The maximum absolute atomic E-state index is 11.8. The molecule has 19 heavy (non-hydrogen) atoms. The lowest BCUT2D eigenvalue weighted by Crippen LogP contribution is -2.51. The number of rotatable bonds is 5. The Kier molecular flexibility index (Phi) is 5.58. The van der Waals surface area contributed by atoms with E-state index < -0.39 is 10.0 Å². The van der Waals surface area contributed by atoms with Crippen molar-refractivity contribution >= 4 is 10.0 Å². The summed E-state index contributed by atoms with van der Waals surface area (Å²) in [6.07, 6.45) is 0. The Hall–Kier alpha value is -0.210. The van der Waals surface area contributed by atoms with E-state index in [1.54, 1.807) is 11.2 Å². The number of ether oxygens (including phenoxy) is 1. The van der Waals surface area contributed by atoms with Crippen molar-refractivity contribution < 1.29 is 13.2 Å². The van der Waals surface area contributed by atoms with E-state index in [9.17, 15) is 8.42 Å². The third-order valence-corrected chi connectivity index (χ3v) is 5.81. The van der Waals surface area contributed by atoms with Crippen LogP contribution in [0.2, 0.25) is 0 Å². The summed E-state index contributed by atoms with van der Waals surface area (Å²) in [5.41, 5.74) is 0. The second-order valence-electron chi connectivity index (χ2n) is 5.10. The molecule has 0 spiro atoms. The minimum atomic E-state index is -3.00. The summed E-state index contributed by atoms with van der Waals surface area (Å²) < 4.78 is 30.5. The van der Waals surface area contributed by atoms with E-state index in [0.29, 0.717) is 13.1 Å². The first-order valence-corrected chi connectivity index (χ1v) is 8.73. The quantitative estimate of drug-likeness (QED) is 0.669. The molecule has 2 heterocycles. The second kappa shape index (κ2) is 6.99. The van der Waals surface area contributed by atoms with E-state index in [-0.39, 0.29) is 5.75 Å². The van der Waals surface area contributed by atoms with Gasteiger partial charge in [-0.3, -0.25) is 9.80 Å². The number of piperazine rings is 1. The molecule has 2 saturated heterocycles. The molecule has 7 heteroatoms. The van der Waals surface area contributed by atoms with Crippen LogP contribution >= 0.6 is 0 Å². The van der Waals surface area contributed by atoms with Gasteiger partial charge in [-0.05, 0) is 6.92 Å². The van der Waals surface area contributed by atoms with Crippen LogP contribution in [0.3, 0.4) is 0 Å². The molecule has 2 aliphatic rings. The molecule has 0 aromatic heterocycles. The fraction of sp³-hybridized carbons (Fsp3) is 1.00. The maximum Gasteiger partial charge on any atom is 0.213 e. The molecule has 0 amide bonds. The van der Waals surface area contributed by atoms with Crippen LogP contribution in [0, 0.1) is 0 Å². The molecule has 0 unspecified atom stereocenters. The summed E-state index contributed by atoms with van der Waals surface area (Å²) >= 11 is 0. The minimum Gasteiger partial charge on any atom is -0.379 e. The van der Waals surface area contributed by atoms with Gasteiger partial charge in [-0.2, -0.15) is 4.31 Å². The minimum absolute atomic E-state index is 0.209. The molecule has 0 saturated carbocycles. The smallest absolute Gasteiger partial charge is 0.213 e. The van der Waals surface area contributed by atoms with Crippen LogP contribution < -0.4 is 0 Å². The zero-order valence-electron chi connectivity index (χ0n) is 11.8. The van der Waals surface area contributed by atoms with Crippen LogP contribution in [0.25, 0.3) is 0 Å². The monoisotopic (exact) mass is 291 g/mol. The highest BCUT2D eigenvalue weighted by Gasteiger charge is 2.25. The highest BCUT2D eigenvalue weighted by atomic mass is 32.2. The third kappa shape index (κ3) is 4.39. The zero-order chi connectivity index (χ0) is 13.7. The average Bonchev–Trinajstić information content (AvgIpc) is 2.47. The molecule has 0 aromatic rings. The van der Waals surface area contributed by atoms with Gasteiger partial charge in [0.1, 0.15) is 0 Å². The number of sulfonamides is 1. The number of hydrogen-bond acceptors (Lipinski definition) is 5. The summed E-state index contributed by atoms with van der Waals surface area (Å²) in [5.74, 6) is 0.209. The Morgan fingerprint density at radius 3 is 1.95 bits per heavy atom. The summed E-state index contributed by atoms with van der Waals surface area (Å²) in [7, 11) is -3.00. The molecular weight excluding hydrogens is 266 g/mol. The van der Waals surface area contributed by atoms with Crippen LogP contribution in [0.1, 0.15) is 6.92 Å². The van der Waals surface area contributed by atoms with E-state index in [4.69, 9.17) is 4.74 Å². The van der Waals surface area contributed by atoms with Gasteiger partial charge in [0, 0.05) is 52.4 Å². The Labute approximate surface area is 116 Å². The summed E-state index contributed by atoms with van der Waals surface area (Å²) in [4.78, 5) is 4.77. The van der Waals surface area contributed by atoms with Crippen LogP contribution in [-0.4, -0.2) is 93.8 Å². The lowest BCUT2D eigenvalue weighted by molar-refractivity contribution is 0.0317. The van der Waals surface area contributed by atoms with E-state index in [0.717, 1.165) is 52.5 Å². The van der Waals surface area contributed by atoms with Gasteiger partial charge >= 0.3 is 0 Å². The Morgan fingerprint density at radius 1 is 0.895 bits per heavy atom. The molecule has 2 aliphatic heterocycles. The lowest BCUT2D eigenvalue weighted by Gasteiger charge is -2.35. The summed E-state index contributed by atoms with van der Waals surface area (Å²) in [5, 5.41) is 0. The molecule has 0 atom stereocenters. The van der Waals surface area contributed by atoms with Crippen LogP contribution in [0.4, 0.5) is 0 Å². The largest absolute Gasteiger partial charge is 0.379 e. The zero-order valence-corrected chi connectivity index (χ0v) is 12.6. The van der Waals surface area contributed by atoms with Gasteiger partial charge in [0.2, 0.25) is 10.0 Å². The van der Waals surface area contributed by atoms with E-state index in [2.05, 4.69) is 9.80 Å². The van der Waals surface area contributed by atoms with Gasteiger partial charge in [0.05, 0.1) is 19.0 Å². The molecule has 2 rings (SSSR count). The van der Waals surface area contributed by atoms with E-state index in [1.807, 2.05) is 0 Å². The molecule has 0 bridgehead atoms. The van der Waals surface area contributed by atoms with E-state index in [1.165, 1.54) is 0 Å². The van der Waals surface area contributed by atoms with Gasteiger partial charge in [0.25, 0.3) is 0 Å². The third-order valence-electron chi connectivity index (χ3n) is 3.93. The van der Waals surface area contributed by atoms with E-state index >= 15 is 0 Å². The summed E-state index contributed by atoms with van der Waals surface area (Å²) in [6, 6.07) is 0. The average molecular weight is 291 g/mol. The summed E-state index contributed by atoms with van der Waals surface area (Å²) in [6.45, 7) is 10.5. The Balaban J connectivity index is 1.68. The Bertz CT molecular complexity index is 360. The van der Waals surface area contributed by atoms with Gasteiger partial charge in [-0.15, -0.1) is 0 Å². The van der Waals surface area contributed by atoms with Crippen molar-refractivity contribution in [2.75, 3.05) is 71.3 Å². The van der Waals surface area contributed by atoms with Gasteiger partial charge in [0.15, 0.2) is 0 Å². The molecule has 0 aromatic carbocycles. The fourth-order valence-corrected chi connectivity index (χ4v) is 3.61. The molecule has 112 valence electrons. The van der Waals surface area contributed by atoms with Crippen molar-refractivity contribution in [3.05, 3.63) is 0 Å². The molecule has 0 aliphatic carbocycles. The first-order valence-electron chi connectivity index (χ1n) is 7.12. The fourth-order valence-electron chi connectivity index (χ4n) is 2.52. The second-order valence-corrected chi connectivity index (χ2v) is 7.35. The highest BCUT2D eigenvalue weighted by molar-refractivity contribution is 7.89. The van der Waals surface area contributed by atoms with Crippen LogP contribution in [0.5, 0.6) is 0 Å². The molecule has 2 fully saturated rings. The number of morpholine rings is 1. The topological polar surface area (TPSA) is 53.1 Å². The Morgan fingerprint density at radius 2 is 1.42 bits per heavy atom. The van der Waals surface area contributed by atoms with Crippen LogP contribution in [-0.2, 0) is 14.8 Å². The van der Waals surface area contributed by atoms with Crippen LogP contribution in [0.15, 0.2) is 0 Å². The van der Waals surface area contributed by atoms with Crippen molar-refractivity contribution in [3.8, 4) is 0 Å². The van der Waals surface area contributed by atoms with Crippen molar-refractivity contribution in [2.24, 2.45) is 0 Å². The van der Waals surface area contributed by atoms with Gasteiger partial charge in [-0.25, -0.2) is 8.42 Å². The van der Waals surface area contributed by atoms with Gasteiger partial charge < -0.3 is 4.74 Å². The number of hydrogen-bond donors (Lipinski definition) is 0. The molecule has 0 radical (unpaired) electrons.